The molecule has 6 heteroatoms. The van der Waals surface area contributed by atoms with Gasteiger partial charge in [-0.3, -0.25) is 0 Å². The molecule has 84 valence electrons. The third-order valence-corrected chi connectivity index (χ3v) is 3.29. The summed E-state index contributed by atoms with van der Waals surface area (Å²) in [5.74, 6) is 0. The zero-order chi connectivity index (χ0) is 11.8. The van der Waals surface area contributed by atoms with Crippen molar-refractivity contribution in [3.05, 3.63) is 41.1 Å². The van der Waals surface area contributed by atoms with Crippen molar-refractivity contribution in [2.24, 2.45) is 0 Å². The van der Waals surface area contributed by atoms with Gasteiger partial charge in [-0.05, 0) is 23.8 Å². The maximum absolute atomic E-state index is 12.8. The lowest BCUT2D eigenvalue weighted by molar-refractivity contribution is 0.436. The summed E-state index contributed by atoms with van der Waals surface area (Å²) >= 11 is 3.25. The highest BCUT2D eigenvalue weighted by atomic mass is 79.9. The van der Waals surface area contributed by atoms with E-state index in [9.17, 15) is 12.3 Å². The van der Waals surface area contributed by atoms with Gasteiger partial charge in [0, 0.05) is 10.0 Å². The predicted molar refractivity (Wildman–Crippen MR) is 60.1 cm³/mol. The number of hydrogen-bond donors (Lipinski definition) is 0. The van der Waals surface area contributed by atoms with Gasteiger partial charge in [-0.2, -0.15) is 8.42 Å². The molecule has 16 heavy (non-hydrogen) atoms. The Balaban J connectivity index is 2.58. The topological polar surface area (TPSA) is 47.3 Å². The Morgan fingerprint density at radius 2 is 1.75 bits per heavy atom. The highest BCUT2D eigenvalue weighted by molar-refractivity contribution is 9.10. The van der Waals surface area contributed by atoms with Gasteiger partial charge in [0.05, 0.1) is 6.26 Å². The Kier molecular flexibility index (Phi) is 2.86. The van der Waals surface area contributed by atoms with Crippen LogP contribution in [0.5, 0.6) is 0 Å². The van der Waals surface area contributed by atoms with Crippen molar-refractivity contribution in [3.8, 4) is 11.1 Å². The van der Waals surface area contributed by atoms with E-state index in [1.54, 1.807) is 24.3 Å². The third kappa shape index (κ3) is 2.17. The number of furan rings is 1. The van der Waals surface area contributed by atoms with Gasteiger partial charge < -0.3 is 4.42 Å². The fourth-order valence-electron chi connectivity index (χ4n) is 1.33. The van der Waals surface area contributed by atoms with Gasteiger partial charge >= 0.3 is 10.2 Å². The fraction of sp³-hybridized carbons (Fsp3) is 0. The lowest BCUT2D eigenvalue weighted by Crippen LogP contribution is -1.91. The summed E-state index contributed by atoms with van der Waals surface area (Å²) in [5, 5.41) is -0.658. The summed E-state index contributed by atoms with van der Waals surface area (Å²) in [7, 11) is -4.83. The molecule has 0 amide bonds. The van der Waals surface area contributed by atoms with Crippen LogP contribution in [0, 0.1) is 0 Å². The number of halogens is 2. The van der Waals surface area contributed by atoms with Crippen LogP contribution >= 0.6 is 15.9 Å². The molecule has 2 aromatic rings. The number of benzene rings is 1. The van der Waals surface area contributed by atoms with Crippen molar-refractivity contribution in [1.82, 2.24) is 0 Å². The molecule has 0 fully saturated rings. The van der Waals surface area contributed by atoms with E-state index >= 15 is 0 Å². The molecular formula is C10H6BrFO3S. The molecule has 2 rings (SSSR count). The summed E-state index contributed by atoms with van der Waals surface area (Å²) in [6.45, 7) is 0. The Hall–Kier alpha value is -1.14. The number of hydrogen-bond acceptors (Lipinski definition) is 3. The van der Waals surface area contributed by atoms with Crippen molar-refractivity contribution in [3.63, 3.8) is 0 Å². The maximum Gasteiger partial charge on any atom is 0.366 e. The van der Waals surface area contributed by atoms with Crippen LogP contribution in [-0.4, -0.2) is 8.42 Å². The van der Waals surface area contributed by atoms with Gasteiger partial charge in [0.25, 0.3) is 5.09 Å². The minimum Gasteiger partial charge on any atom is -0.450 e. The van der Waals surface area contributed by atoms with Crippen LogP contribution in [0.25, 0.3) is 11.1 Å². The first-order valence-corrected chi connectivity index (χ1v) is 6.44. The van der Waals surface area contributed by atoms with Crippen molar-refractivity contribution in [2.75, 3.05) is 0 Å². The van der Waals surface area contributed by atoms with E-state index in [-0.39, 0.29) is 5.56 Å². The summed E-state index contributed by atoms with van der Waals surface area (Å²) in [6, 6.07) is 8.22. The Morgan fingerprint density at radius 1 is 1.12 bits per heavy atom. The van der Waals surface area contributed by atoms with E-state index in [1.165, 1.54) is 6.07 Å². The molecule has 1 heterocycles. The Morgan fingerprint density at radius 3 is 2.31 bits per heavy atom. The molecule has 0 aliphatic carbocycles. The molecule has 1 aromatic carbocycles. The minimum atomic E-state index is -4.83. The molecule has 0 bridgehead atoms. The van der Waals surface area contributed by atoms with Gasteiger partial charge in [-0.15, -0.1) is 0 Å². The molecule has 1 aromatic heterocycles. The maximum atomic E-state index is 12.8. The van der Waals surface area contributed by atoms with Crippen LogP contribution < -0.4 is 0 Å². The summed E-state index contributed by atoms with van der Waals surface area (Å²) in [6.07, 6.45) is 1.14. The minimum absolute atomic E-state index is 0.218. The molecule has 3 nitrogen and oxygen atoms in total. The van der Waals surface area contributed by atoms with Gasteiger partial charge in [0.15, 0.2) is 0 Å². The fourth-order valence-corrected chi connectivity index (χ4v) is 2.21. The second kappa shape index (κ2) is 4.03. The van der Waals surface area contributed by atoms with Gasteiger partial charge in [0.2, 0.25) is 0 Å². The quantitative estimate of drug-likeness (QED) is 0.799. The normalized spacial score (nSPS) is 11.6. The molecule has 0 atom stereocenters. The first kappa shape index (κ1) is 11.3. The highest BCUT2D eigenvalue weighted by Gasteiger charge is 2.22. The Labute approximate surface area is 100 Å². The van der Waals surface area contributed by atoms with E-state index < -0.39 is 15.3 Å². The zero-order valence-corrected chi connectivity index (χ0v) is 10.3. The molecule has 0 saturated carbocycles. The van der Waals surface area contributed by atoms with Crippen molar-refractivity contribution < 1.29 is 16.7 Å². The lowest BCUT2D eigenvalue weighted by atomic mass is 10.1. The molecular weight excluding hydrogens is 299 g/mol. The average Bonchev–Trinajstić information content (AvgIpc) is 2.66. The van der Waals surface area contributed by atoms with E-state index in [4.69, 9.17) is 0 Å². The largest absolute Gasteiger partial charge is 0.450 e. The van der Waals surface area contributed by atoms with E-state index in [2.05, 4.69) is 20.3 Å². The van der Waals surface area contributed by atoms with Gasteiger partial charge in [-0.1, -0.05) is 31.9 Å². The molecule has 0 spiro atoms. The van der Waals surface area contributed by atoms with Crippen LogP contribution in [0.15, 0.2) is 50.6 Å². The SMILES string of the molecule is O=S(=O)(F)c1occc1-c1ccc(Br)cc1. The van der Waals surface area contributed by atoms with Gasteiger partial charge in [0.1, 0.15) is 0 Å². The highest BCUT2D eigenvalue weighted by Crippen LogP contribution is 2.30. The van der Waals surface area contributed by atoms with Crippen LogP contribution in [0.2, 0.25) is 0 Å². The zero-order valence-electron chi connectivity index (χ0n) is 7.85. The number of rotatable bonds is 2. The Bertz CT molecular complexity index is 601. The van der Waals surface area contributed by atoms with Crippen molar-refractivity contribution >= 4 is 26.2 Å². The second-order valence-corrected chi connectivity index (χ2v) is 5.23. The first-order chi connectivity index (χ1) is 7.48. The standard InChI is InChI=1S/C10H6BrFO3S/c11-8-3-1-7(2-4-8)9-5-6-15-10(9)16(12,13)14/h1-6H. The molecule has 0 aliphatic heterocycles. The second-order valence-electron chi connectivity index (χ2n) is 3.07. The third-order valence-electron chi connectivity index (χ3n) is 2.01. The first-order valence-electron chi connectivity index (χ1n) is 4.26. The molecule has 0 N–H and O–H groups in total. The molecule has 0 aliphatic rings. The van der Waals surface area contributed by atoms with Crippen LogP contribution in [0.1, 0.15) is 0 Å². The molecule has 0 radical (unpaired) electrons. The average molecular weight is 305 g/mol. The monoisotopic (exact) mass is 304 g/mol. The predicted octanol–water partition coefficient (Wildman–Crippen LogP) is 3.37. The summed E-state index contributed by atoms with van der Waals surface area (Å²) < 4.78 is 39.9. The van der Waals surface area contributed by atoms with E-state index in [0.717, 1.165) is 10.7 Å². The molecule has 0 unspecified atom stereocenters. The van der Waals surface area contributed by atoms with E-state index in [1.807, 2.05) is 0 Å². The van der Waals surface area contributed by atoms with Crippen LogP contribution in [-0.2, 0) is 10.2 Å². The summed E-state index contributed by atoms with van der Waals surface area (Å²) in [4.78, 5) is 0. The van der Waals surface area contributed by atoms with Crippen LogP contribution in [0.4, 0.5) is 3.89 Å². The van der Waals surface area contributed by atoms with Crippen molar-refractivity contribution in [2.45, 2.75) is 5.09 Å². The van der Waals surface area contributed by atoms with E-state index in [0.29, 0.717) is 5.56 Å². The lowest BCUT2D eigenvalue weighted by Gasteiger charge is -1.99. The smallest absolute Gasteiger partial charge is 0.366 e. The molecule has 0 saturated heterocycles. The van der Waals surface area contributed by atoms with Crippen LogP contribution in [0.3, 0.4) is 0 Å². The van der Waals surface area contributed by atoms with Gasteiger partial charge in [-0.25, -0.2) is 0 Å². The van der Waals surface area contributed by atoms with Crippen molar-refractivity contribution in [1.29, 1.82) is 0 Å². The summed E-state index contributed by atoms with van der Waals surface area (Å²) in [5.41, 5.74) is 0.795.